The van der Waals surface area contributed by atoms with Crippen LogP contribution in [-0.2, 0) is 9.59 Å². The van der Waals surface area contributed by atoms with E-state index in [9.17, 15) is 9.59 Å². The lowest BCUT2D eigenvalue weighted by molar-refractivity contribution is -0.137. The lowest BCUT2D eigenvalue weighted by Gasteiger charge is -2.28. The summed E-state index contributed by atoms with van der Waals surface area (Å²) in [7, 11) is 0. The molecule has 3 N–H and O–H groups in total. The van der Waals surface area contributed by atoms with E-state index in [-0.39, 0.29) is 17.7 Å². The summed E-state index contributed by atoms with van der Waals surface area (Å²) in [4.78, 5) is 25.9. The molecule has 3 unspecified atom stereocenters. The van der Waals surface area contributed by atoms with Gasteiger partial charge in [0, 0.05) is 13.1 Å². The summed E-state index contributed by atoms with van der Waals surface area (Å²) in [6.07, 6.45) is 2.96. The first-order valence-electron chi connectivity index (χ1n) is 6.82. The quantitative estimate of drug-likeness (QED) is 0.750. The van der Waals surface area contributed by atoms with Gasteiger partial charge in [0.15, 0.2) is 0 Å². The van der Waals surface area contributed by atoms with E-state index in [2.05, 4.69) is 5.32 Å². The molecule has 18 heavy (non-hydrogen) atoms. The van der Waals surface area contributed by atoms with Crippen molar-refractivity contribution in [3.05, 3.63) is 0 Å². The monoisotopic (exact) mass is 255 g/mol. The van der Waals surface area contributed by atoms with Gasteiger partial charge in [-0.2, -0.15) is 0 Å². The van der Waals surface area contributed by atoms with Crippen molar-refractivity contribution in [2.24, 2.45) is 11.7 Å². The zero-order valence-electron chi connectivity index (χ0n) is 11.6. The first-order chi connectivity index (χ1) is 8.47. The zero-order chi connectivity index (χ0) is 13.7. The Morgan fingerprint density at radius 1 is 1.28 bits per heavy atom. The second kappa shape index (κ2) is 6.73. The van der Waals surface area contributed by atoms with Crippen molar-refractivity contribution in [1.82, 2.24) is 10.2 Å². The van der Waals surface area contributed by atoms with Crippen molar-refractivity contribution in [3.63, 3.8) is 0 Å². The number of hydrogen-bond acceptors (Lipinski definition) is 3. The Morgan fingerprint density at radius 3 is 2.28 bits per heavy atom. The van der Waals surface area contributed by atoms with Gasteiger partial charge >= 0.3 is 0 Å². The zero-order valence-corrected chi connectivity index (χ0v) is 11.6. The van der Waals surface area contributed by atoms with E-state index in [0.717, 1.165) is 32.4 Å². The van der Waals surface area contributed by atoms with E-state index in [4.69, 9.17) is 5.73 Å². The molecular weight excluding hydrogens is 230 g/mol. The van der Waals surface area contributed by atoms with Crippen LogP contribution < -0.4 is 11.1 Å². The number of nitrogens with two attached hydrogens (primary N) is 1. The molecular formula is C13H25N3O2. The standard InChI is InChI=1S/C13H25N3O2/c1-4-9(2)11(15-12(17)10(3)14)13(18)16-7-5-6-8-16/h9-11H,4-8,14H2,1-3H3,(H,15,17). The summed E-state index contributed by atoms with van der Waals surface area (Å²) in [5.74, 6) is -0.0931. The minimum atomic E-state index is -0.581. The van der Waals surface area contributed by atoms with E-state index < -0.39 is 12.1 Å². The van der Waals surface area contributed by atoms with Crippen LogP contribution in [-0.4, -0.2) is 41.9 Å². The lowest BCUT2D eigenvalue weighted by atomic mass is 9.97. The molecule has 5 heteroatoms. The second-order valence-corrected chi connectivity index (χ2v) is 5.19. The first-order valence-corrected chi connectivity index (χ1v) is 6.82. The summed E-state index contributed by atoms with van der Waals surface area (Å²) >= 11 is 0. The van der Waals surface area contributed by atoms with Crippen LogP contribution in [0.15, 0.2) is 0 Å². The van der Waals surface area contributed by atoms with E-state index >= 15 is 0 Å². The number of carbonyl (C=O) groups is 2. The summed E-state index contributed by atoms with van der Waals surface area (Å²) in [6.45, 7) is 7.25. The average Bonchev–Trinajstić information content (AvgIpc) is 2.87. The number of nitrogens with zero attached hydrogens (tertiary/aromatic N) is 1. The van der Waals surface area contributed by atoms with Gasteiger partial charge in [-0.15, -0.1) is 0 Å². The number of hydrogen-bond donors (Lipinski definition) is 2. The second-order valence-electron chi connectivity index (χ2n) is 5.19. The van der Waals surface area contributed by atoms with Crippen molar-refractivity contribution >= 4 is 11.8 Å². The Labute approximate surface area is 109 Å². The van der Waals surface area contributed by atoms with Gasteiger partial charge in [0.05, 0.1) is 6.04 Å². The van der Waals surface area contributed by atoms with Crippen LogP contribution in [0.5, 0.6) is 0 Å². The Morgan fingerprint density at radius 2 is 1.83 bits per heavy atom. The molecule has 1 aliphatic rings. The predicted octanol–water partition coefficient (Wildman–Crippen LogP) is 0.487. The van der Waals surface area contributed by atoms with Crippen LogP contribution in [0.1, 0.15) is 40.0 Å². The van der Waals surface area contributed by atoms with Gasteiger partial charge in [0.2, 0.25) is 11.8 Å². The number of rotatable bonds is 5. The molecule has 0 aromatic carbocycles. The lowest BCUT2D eigenvalue weighted by Crippen LogP contribution is -2.54. The maximum Gasteiger partial charge on any atom is 0.245 e. The van der Waals surface area contributed by atoms with E-state index in [1.165, 1.54) is 0 Å². The van der Waals surface area contributed by atoms with Gasteiger partial charge in [-0.25, -0.2) is 0 Å². The summed E-state index contributed by atoms with van der Waals surface area (Å²) < 4.78 is 0. The summed E-state index contributed by atoms with van der Waals surface area (Å²) in [6, 6.07) is -1.02. The molecule has 1 heterocycles. The van der Waals surface area contributed by atoms with Crippen molar-refractivity contribution in [3.8, 4) is 0 Å². The molecule has 1 fully saturated rings. The van der Waals surface area contributed by atoms with Crippen LogP contribution in [0.2, 0.25) is 0 Å². The highest BCUT2D eigenvalue weighted by Crippen LogP contribution is 2.15. The number of likely N-dealkylation sites (tertiary alicyclic amines) is 1. The van der Waals surface area contributed by atoms with Gasteiger partial charge in [-0.3, -0.25) is 9.59 Å². The fourth-order valence-corrected chi connectivity index (χ4v) is 2.10. The van der Waals surface area contributed by atoms with Crippen LogP contribution in [0.25, 0.3) is 0 Å². The van der Waals surface area contributed by atoms with Crippen molar-refractivity contribution in [2.75, 3.05) is 13.1 Å². The van der Waals surface area contributed by atoms with E-state index in [1.54, 1.807) is 6.92 Å². The molecule has 1 rings (SSSR count). The Kier molecular flexibility index (Phi) is 5.59. The molecule has 3 atom stereocenters. The predicted molar refractivity (Wildman–Crippen MR) is 70.8 cm³/mol. The smallest absolute Gasteiger partial charge is 0.245 e. The van der Waals surface area contributed by atoms with Crippen molar-refractivity contribution in [1.29, 1.82) is 0 Å². The molecule has 0 radical (unpaired) electrons. The van der Waals surface area contributed by atoms with Gasteiger partial charge in [0.1, 0.15) is 6.04 Å². The van der Waals surface area contributed by atoms with Crippen LogP contribution in [0.3, 0.4) is 0 Å². The highest BCUT2D eigenvalue weighted by atomic mass is 16.2. The summed E-state index contributed by atoms with van der Waals surface area (Å²) in [5, 5.41) is 2.79. The third-order valence-electron chi connectivity index (χ3n) is 3.61. The van der Waals surface area contributed by atoms with Crippen molar-refractivity contribution in [2.45, 2.75) is 52.1 Å². The molecule has 5 nitrogen and oxygen atoms in total. The highest BCUT2D eigenvalue weighted by molar-refractivity contribution is 5.89. The Hall–Kier alpha value is -1.10. The van der Waals surface area contributed by atoms with Gasteiger partial charge in [-0.05, 0) is 25.7 Å². The number of amides is 2. The van der Waals surface area contributed by atoms with Crippen LogP contribution >= 0.6 is 0 Å². The molecule has 0 aromatic heterocycles. The fraction of sp³-hybridized carbons (Fsp3) is 0.846. The van der Waals surface area contributed by atoms with Gasteiger partial charge in [0.25, 0.3) is 0 Å². The molecule has 0 saturated carbocycles. The van der Waals surface area contributed by atoms with Crippen LogP contribution in [0.4, 0.5) is 0 Å². The van der Waals surface area contributed by atoms with E-state index in [1.807, 2.05) is 18.7 Å². The highest BCUT2D eigenvalue weighted by Gasteiger charge is 2.31. The first kappa shape index (κ1) is 15.0. The molecule has 0 aromatic rings. The molecule has 0 bridgehead atoms. The number of carbonyl (C=O) groups excluding carboxylic acids is 2. The topological polar surface area (TPSA) is 75.4 Å². The molecule has 0 aliphatic carbocycles. The molecule has 2 amide bonds. The minimum absolute atomic E-state index is 0.0378. The fourth-order valence-electron chi connectivity index (χ4n) is 2.10. The third kappa shape index (κ3) is 3.70. The minimum Gasteiger partial charge on any atom is -0.343 e. The maximum absolute atomic E-state index is 12.4. The third-order valence-corrected chi connectivity index (χ3v) is 3.61. The maximum atomic E-state index is 12.4. The molecule has 104 valence electrons. The molecule has 0 spiro atoms. The van der Waals surface area contributed by atoms with Gasteiger partial charge in [-0.1, -0.05) is 20.3 Å². The Balaban J connectivity index is 2.70. The van der Waals surface area contributed by atoms with Crippen molar-refractivity contribution < 1.29 is 9.59 Å². The van der Waals surface area contributed by atoms with Gasteiger partial charge < -0.3 is 16.0 Å². The summed E-state index contributed by atoms with van der Waals surface area (Å²) in [5.41, 5.74) is 5.54. The number of nitrogens with one attached hydrogen (secondary N) is 1. The molecule has 1 aliphatic heterocycles. The van der Waals surface area contributed by atoms with E-state index in [0.29, 0.717) is 0 Å². The SMILES string of the molecule is CCC(C)C(NC(=O)C(C)N)C(=O)N1CCCC1. The Bertz CT molecular complexity index is 299. The average molecular weight is 255 g/mol. The largest absolute Gasteiger partial charge is 0.343 e. The molecule has 1 saturated heterocycles. The van der Waals surface area contributed by atoms with Crippen LogP contribution in [0, 0.1) is 5.92 Å². The normalized spacial score (nSPS) is 20.3.